The summed E-state index contributed by atoms with van der Waals surface area (Å²) in [6, 6.07) is 2.97. The molecular weight excluding hydrogens is 258 g/mol. The lowest BCUT2D eigenvalue weighted by Crippen LogP contribution is -2.15. The van der Waals surface area contributed by atoms with Crippen molar-refractivity contribution in [1.29, 1.82) is 0 Å². The zero-order valence-corrected chi connectivity index (χ0v) is 9.94. The average molecular weight is 268 g/mol. The first kappa shape index (κ1) is 12.2. The molecule has 0 saturated carbocycles. The van der Waals surface area contributed by atoms with Gasteiger partial charge < -0.3 is 21.3 Å². The summed E-state index contributed by atoms with van der Waals surface area (Å²) in [4.78, 5) is 15.1. The van der Waals surface area contributed by atoms with E-state index in [2.05, 4.69) is 20.0 Å². The number of rotatable bonds is 4. The van der Waals surface area contributed by atoms with Crippen molar-refractivity contribution in [2.45, 2.75) is 6.54 Å². The van der Waals surface area contributed by atoms with Gasteiger partial charge in [0.05, 0.1) is 22.8 Å². The van der Waals surface area contributed by atoms with E-state index in [-0.39, 0.29) is 12.1 Å². The quantitative estimate of drug-likeness (QED) is 0.711. The van der Waals surface area contributed by atoms with E-state index in [1.165, 1.54) is 18.5 Å². The van der Waals surface area contributed by atoms with Crippen LogP contribution in [0.2, 0.25) is 5.02 Å². The number of nitrogens with zero attached hydrogens (tertiary/aromatic N) is 2. The molecule has 5 N–H and O–H groups in total. The molecule has 7 nitrogen and oxygen atoms in total. The Balaban J connectivity index is 2.28. The van der Waals surface area contributed by atoms with E-state index >= 15 is 0 Å². The molecule has 18 heavy (non-hydrogen) atoms. The van der Waals surface area contributed by atoms with Crippen molar-refractivity contribution in [2.75, 3.05) is 11.1 Å². The molecule has 1 aromatic carbocycles. The largest absolute Gasteiger partial charge is 0.399 e. The standard InChI is InChI=1S/C10H10ClN5O2/c11-7-2-5(12)1-6(10(13)17)9(7)14-3-8-15-4-18-16-8/h1-2,4,14H,3,12H2,(H2,13,17). The lowest BCUT2D eigenvalue weighted by molar-refractivity contribution is 0.100. The molecule has 0 aliphatic carbocycles. The van der Waals surface area contributed by atoms with E-state index < -0.39 is 5.91 Å². The number of primary amides is 1. The number of hydrogen-bond donors (Lipinski definition) is 3. The zero-order valence-electron chi connectivity index (χ0n) is 9.18. The topological polar surface area (TPSA) is 120 Å². The van der Waals surface area contributed by atoms with Gasteiger partial charge in [0, 0.05) is 5.69 Å². The number of amides is 1. The fraction of sp³-hybridized carbons (Fsp3) is 0.100. The summed E-state index contributed by atoms with van der Waals surface area (Å²) < 4.78 is 4.58. The number of hydrogen-bond acceptors (Lipinski definition) is 6. The molecule has 94 valence electrons. The molecule has 2 rings (SSSR count). The van der Waals surface area contributed by atoms with Gasteiger partial charge in [0.15, 0.2) is 5.82 Å². The summed E-state index contributed by atoms with van der Waals surface area (Å²) in [7, 11) is 0. The second-order valence-electron chi connectivity index (χ2n) is 3.49. The Kier molecular flexibility index (Phi) is 3.33. The Morgan fingerprint density at radius 3 is 2.89 bits per heavy atom. The lowest BCUT2D eigenvalue weighted by atomic mass is 10.1. The summed E-state index contributed by atoms with van der Waals surface area (Å²) in [6.07, 6.45) is 1.20. The Morgan fingerprint density at radius 1 is 1.50 bits per heavy atom. The van der Waals surface area contributed by atoms with Crippen LogP contribution in [0, 0.1) is 0 Å². The minimum absolute atomic E-state index is 0.212. The smallest absolute Gasteiger partial charge is 0.250 e. The Bertz CT molecular complexity index is 570. The van der Waals surface area contributed by atoms with Gasteiger partial charge in [0.1, 0.15) is 0 Å². The molecule has 0 aliphatic rings. The van der Waals surface area contributed by atoms with Gasteiger partial charge in [-0.15, -0.1) is 0 Å². The van der Waals surface area contributed by atoms with Crippen molar-refractivity contribution in [3.63, 3.8) is 0 Å². The average Bonchev–Trinajstić information content (AvgIpc) is 2.79. The molecule has 0 unspecified atom stereocenters. The second-order valence-corrected chi connectivity index (χ2v) is 3.90. The van der Waals surface area contributed by atoms with E-state index in [1.807, 2.05) is 0 Å². The van der Waals surface area contributed by atoms with E-state index in [0.29, 0.717) is 22.2 Å². The van der Waals surface area contributed by atoms with Crippen LogP contribution in [-0.2, 0) is 6.54 Å². The van der Waals surface area contributed by atoms with Gasteiger partial charge in [-0.05, 0) is 12.1 Å². The first-order valence-corrected chi connectivity index (χ1v) is 5.33. The molecule has 0 saturated heterocycles. The maximum atomic E-state index is 11.3. The molecule has 1 amide bonds. The maximum absolute atomic E-state index is 11.3. The molecule has 0 fully saturated rings. The first-order valence-electron chi connectivity index (χ1n) is 4.96. The highest BCUT2D eigenvalue weighted by atomic mass is 35.5. The molecule has 2 aromatic rings. The SMILES string of the molecule is NC(=O)c1cc(N)cc(Cl)c1NCc1ncon1. The molecular formula is C10H10ClN5O2. The fourth-order valence-corrected chi connectivity index (χ4v) is 1.73. The number of nitrogens with one attached hydrogen (secondary N) is 1. The van der Waals surface area contributed by atoms with Crippen molar-refractivity contribution in [1.82, 2.24) is 10.1 Å². The molecule has 8 heteroatoms. The Hall–Kier alpha value is -2.28. The van der Waals surface area contributed by atoms with Crippen molar-refractivity contribution >= 4 is 28.9 Å². The first-order chi connectivity index (χ1) is 8.58. The molecule has 0 atom stereocenters. The third-order valence-electron chi connectivity index (χ3n) is 2.21. The summed E-state index contributed by atoms with van der Waals surface area (Å²) in [6.45, 7) is 0.250. The van der Waals surface area contributed by atoms with Crippen molar-refractivity contribution in [3.05, 3.63) is 34.9 Å². The number of halogens is 1. The minimum atomic E-state index is -0.625. The van der Waals surface area contributed by atoms with Crippen LogP contribution in [0.1, 0.15) is 16.2 Å². The number of aromatic nitrogens is 2. The number of nitrogen functional groups attached to an aromatic ring is 1. The predicted octanol–water partition coefficient (Wildman–Crippen LogP) is 1.02. The molecule has 1 heterocycles. The van der Waals surface area contributed by atoms with Gasteiger partial charge in [-0.2, -0.15) is 4.98 Å². The number of benzene rings is 1. The van der Waals surface area contributed by atoms with E-state index in [0.717, 1.165) is 0 Å². The third-order valence-corrected chi connectivity index (χ3v) is 2.51. The van der Waals surface area contributed by atoms with Crippen molar-refractivity contribution < 1.29 is 9.32 Å². The van der Waals surface area contributed by atoms with Crippen LogP contribution in [0.25, 0.3) is 0 Å². The Morgan fingerprint density at radius 2 is 2.28 bits per heavy atom. The van der Waals surface area contributed by atoms with Crippen LogP contribution in [0.3, 0.4) is 0 Å². The molecule has 1 aromatic heterocycles. The highest BCUT2D eigenvalue weighted by molar-refractivity contribution is 6.34. The van der Waals surface area contributed by atoms with Gasteiger partial charge in [-0.3, -0.25) is 4.79 Å². The molecule has 0 aliphatic heterocycles. The Labute approximate surface area is 107 Å². The molecule has 0 bridgehead atoms. The van der Waals surface area contributed by atoms with Gasteiger partial charge in [-0.25, -0.2) is 0 Å². The summed E-state index contributed by atoms with van der Waals surface area (Å²) in [5.74, 6) is -0.196. The zero-order chi connectivity index (χ0) is 13.1. The number of anilines is 2. The van der Waals surface area contributed by atoms with Crippen LogP contribution >= 0.6 is 11.6 Å². The number of nitrogens with two attached hydrogens (primary N) is 2. The van der Waals surface area contributed by atoms with Gasteiger partial charge >= 0.3 is 0 Å². The molecule has 0 radical (unpaired) electrons. The normalized spacial score (nSPS) is 10.3. The van der Waals surface area contributed by atoms with Gasteiger partial charge in [0.2, 0.25) is 6.39 Å². The van der Waals surface area contributed by atoms with Gasteiger partial charge in [-0.1, -0.05) is 16.8 Å². The monoisotopic (exact) mass is 267 g/mol. The van der Waals surface area contributed by atoms with Crippen LogP contribution in [0.5, 0.6) is 0 Å². The van der Waals surface area contributed by atoms with Gasteiger partial charge in [0.25, 0.3) is 5.91 Å². The lowest BCUT2D eigenvalue weighted by Gasteiger charge is -2.11. The maximum Gasteiger partial charge on any atom is 0.250 e. The third kappa shape index (κ3) is 2.51. The van der Waals surface area contributed by atoms with Crippen molar-refractivity contribution in [3.8, 4) is 0 Å². The fourth-order valence-electron chi connectivity index (χ4n) is 1.44. The summed E-state index contributed by atoms with van der Waals surface area (Å²) in [5.41, 5.74) is 11.8. The summed E-state index contributed by atoms with van der Waals surface area (Å²) in [5, 5.41) is 6.84. The second kappa shape index (κ2) is 4.92. The van der Waals surface area contributed by atoms with E-state index in [9.17, 15) is 4.79 Å². The molecule has 0 spiro atoms. The van der Waals surface area contributed by atoms with E-state index in [1.54, 1.807) is 0 Å². The number of carbonyl (C=O) groups is 1. The highest BCUT2D eigenvalue weighted by Crippen LogP contribution is 2.29. The summed E-state index contributed by atoms with van der Waals surface area (Å²) >= 11 is 6.00. The van der Waals surface area contributed by atoms with Crippen LogP contribution in [0.4, 0.5) is 11.4 Å². The predicted molar refractivity (Wildman–Crippen MR) is 66.0 cm³/mol. The van der Waals surface area contributed by atoms with E-state index in [4.69, 9.17) is 23.1 Å². The minimum Gasteiger partial charge on any atom is -0.399 e. The van der Waals surface area contributed by atoms with Crippen molar-refractivity contribution in [2.24, 2.45) is 5.73 Å². The highest BCUT2D eigenvalue weighted by Gasteiger charge is 2.13. The van der Waals surface area contributed by atoms with Crippen LogP contribution in [-0.4, -0.2) is 16.0 Å². The number of carbonyl (C=O) groups excluding carboxylic acids is 1. The van der Waals surface area contributed by atoms with Crippen LogP contribution < -0.4 is 16.8 Å². The van der Waals surface area contributed by atoms with Crippen LogP contribution in [0.15, 0.2) is 23.0 Å².